The maximum absolute atomic E-state index is 11.6. The van der Waals surface area contributed by atoms with Crippen LogP contribution in [0.15, 0.2) is 0 Å². The molecule has 3 heteroatoms. The molecule has 0 bridgehead atoms. The molecule has 0 heterocycles. The van der Waals surface area contributed by atoms with Gasteiger partial charge >= 0.3 is 5.97 Å². The summed E-state index contributed by atoms with van der Waals surface area (Å²) >= 11 is 0. The van der Waals surface area contributed by atoms with Crippen LogP contribution < -0.4 is 0 Å². The summed E-state index contributed by atoms with van der Waals surface area (Å²) in [5.74, 6) is 0.508. The van der Waals surface area contributed by atoms with E-state index >= 15 is 0 Å². The van der Waals surface area contributed by atoms with Crippen molar-refractivity contribution in [1.29, 1.82) is 0 Å². The molecule has 1 rings (SSSR count). The highest BCUT2D eigenvalue weighted by molar-refractivity contribution is 5.84. The van der Waals surface area contributed by atoms with Crippen molar-refractivity contribution in [3.8, 4) is 0 Å². The molecule has 0 radical (unpaired) electrons. The number of ketones is 1. The van der Waals surface area contributed by atoms with Crippen molar-refractivity contribution in [3.05, 3.63) is 0 Å². The van der Waals surface area contributed by atoms with E-state index in [0.29, 0.717) is 18.6 Å². The number of carbonyl (C=O) groups is 2. The summed E-state index contributed by atoms with van der Waals surface area (Å²) < 4.78 is 4.65. The minimum Gasteiger partial charge on any atom is -0.469 e. The second-order valence-corrected chi connectivity index (χ2v) is 4.29. The van der Waals surface area contributed by atoms with Gasteiger partial charge in [0.25, 0.3) is 0 Å². The van der Waals surface area contributed by atoms with Gasteiger partial charge in [0.1, 0.15) is 5.78 Å². The normalized spacial score (nSPS) is 25.6. The summed E-state index contributed by atoms with van der Waals surface area (Å²) in [6.07, 6.45) is 5.05. The van der Waals surface area contributed by atoms with Crippen LogP contribution in [0.25, 0.3) is 0 Å². The lowest BCUT2D eigenvalue weighted by Gasteiger charge is -2.16. The van der Waals surface area contributed by atoms with Crippen LogP contribution in [-0.4, -0.2) is 18.9 Å². The number of ether oxygens (including phenoxy) is 1. The van der Waals surface area contributed by atoms with Gasteiger partial charge in [-0.25, -0.2) is 0 Å². The number of esters is 1. The lowest BCUT2D eigenvalue weighted by molar-refractivity contribution is -0.142. The number of hydrogen-bond donors (Lipinski definition) is 0. The Kier molecular flexibility index (Phi) is 4.79. The maximum atomic E-state index is 11.6. The van der Waals surface area contributed by atoms with Crippen molar-refractivity contribution in [3.63, 3.8) is 0 Å². The fraction of sp³-hybridized carbons (Fsp3) is 0.833. The molecular weight excluding hydrogens is 192 g/mol. The minimum atomic E-state index is -0.184. The van der Waals surface area contributed by atoms with Crippen LogP contribution in [-0.2, 0) is 14.3 Å². The third-order valence-electron chi connectivity index (χ3n) is 3.27. The molecule has 0 N–H and O–H groups in total. The van der Waals surface area contributed by atoms with Gasteiger partial charge in [-0.05, 0) is 18.8 Å². The zero-order chi connectivity index (χ0) is 11.3. The third kappa shape index (κ3) is 3.33. The van der Waals surface area contributed by atoms with E-state index in [1.165, 1.54) is 7.11 Å². The van der Waals surface area contributed by atoms with Gasteiger partial charge in [0.05, 0.1) is 7.11 Å². The predicted octanol–water partition coefficient (Wildman–Crippen LogP) is 2.33. The Morgan fingerprint density at radius 3 is 2.87 bits per heavy atom. The van der Waals surface area contributed by atoms with E-state index in [1.54, 1.807) is 0 Å². The first-order chi connectivity index (χ1) is 7.19. The fourth-order valence-electron chi connectivity index (χ4n) is 2.34. The number of Topliss-reactive ketones (excluding diaryl/α,β-unsaturated/α-hetero) is 1. The van der Waals surface area contributed by atoms with Crippen LogP contribution in [0.4, 0.5) is 0 Å². The van der Waals surface area contributed by atoms with Gasteiger partial charge in [-0.1, -0.05) is 19.8 Å². The first kappa shape index (κ1) is 12.2. The Labute approximate surface area is 91.2 Å². The van der Waals surface area contributed by atoms with E-state index in [-0.39, 0.29) is 17.8 Å². The Balaban J connectivity index is 2.47. The van der Waals surface area contributed by atoms with Crippen LogP contribution in [0.3, 0.4) is 0 Å². The SMILES string of the molecule is CCCC[C@H]1C(=O)CC[C@H]1CC(=O)OC. The molecule has 1 aliphatic carbocycles. The Morgan fingerprint density at radius 1 is 1.53 bits per heavy atom. The highest BCUT2D eigenvalue weighted by Crippen LogP contribution is 2.34. The Hall–Kier alpha value is -0.860. The average Bonchev–Trinajstić information content (AvgIpc) is 2.57. The summed E-state index contributed by atoms with van der Waals surface area (Å²) in [6.45, 7) is 2.12. The molecule has 15 heavy (non-hydrogen) atoms. The highest BCUT2D eigenvalue weighted by atomic mass is 16.5. The average molecular weight is 212 g/mol. The van der Waals surface area contributed by atoms with Gasteiger partial charge in [0.2, 0.25) is 0 Å². The smallest absolute Gasteiger partial charge is 0.305 e. The maximum Gasteiger partial charge on any atom is 0.305 e. The lowest BCUT2D eigenvalue weighted by Crippen LogP contribution is -2.18. The van der Waals surface area contributed by atoms with Crippen molar-refractivity contribution in [2.24, 2.45) is 11.8 Å². The molecular formula is C12H20O3. The van der Waals surface area contributed by atoms with E-state index in [0.717, 1.165) is 25.7 Å². The summed E-state index contributed by atoms with van der Waals surface area (Å²) in [7, 11) is 1.40. The van der Waals surface area contributed by atoms with Crippen LogP contribution in [0.1, 0.15) is 45.4 Å². The van der Waals surface area contributed by atoms with Crippen molar-refractivity contribution in [1.82, 2.24) is 0 Å². The zero-order valence-corrected chi connectivity index (χ0v) is 9.62. The topological polar surface area (TPSA) is 43.4 Å². The van der Waals surface area contributed by atoms with Gasteiger partial charge < -0.3 is 4.74 Å². The number of rotatable bonds is 5. The van der Waals surface area contributed by atoms with Crippen molar-refractivity contribution >= 4 is 11.8 Å². The predicted molar refractivity (Wildman–Crippen MR) is 57.4 cm³/mol. The molecule has 0 aromatic carbocycles. The standard InChI is InChI=1S/C12H20O3/c1-3-4-5-10-9(6-7-11(10)13)8-12(14)15-2/h9-10H,3-8H2,1-2H3/t9-,10+/m0/s1. The highest BCUT2D eigenvalue weighted by Gasteiger charge is 2.35. The molecule has 0 aromatic rings. The molecule has 0 spiro atoms. The second-order valence-electron chi connectivity index (χ2n) is 4.29. The monoisotopic (exact) mass is 212 g/mol. The van der Waals surface area contributed by atoms with E-state index in [4.69, 9.17) is 0 Å². The molecule has 0 unspecified atom stereocenters. The van der Waals surface area contributed by atoms with E-state index in [9.17, 15) is 9.59 Å². The molecule has 1 fully saturated rings. The Bertz CT molecular complexity index is 235. The van der Waals surface area contributed by atoms with Crippen LogP contribution >= 0.6 is 0 Å². The summed E-state index contributed by atoms with van der Waals surface area (Å²) in [4.78, 5) is 22.8. The summed E-state index contributed by atoms with van der Waals surface area (Å²) in [6, 6.07) is 0. The van der Waals surface area contributed by atoms with Gasteiger partial charge in [0, 0.05) is 18.8 Å². The van der Waals surface area contributed by atoms with Crippen molar-refractivity contribution in [2.75, 3.05) is 7.11 Å². The molecule has 0 amide bonds. The van der Waals surface area contributed by atoms with E-state index in [2.05, 4.69) is 11.7 Å². The lowest BCUT2D eigenvalue weighted by atomic mass is 9.88. The molecule has 86 valence electrons. The number of unbranched alkanes of at least 4 members (excludes halogenated alkanes) is 1. The van der Waals surface area contributed by atoms with Gasteiger partial charge in [-0.15, -0.1) is 0 Å². The molecule has 1 saturated carbocycles. The first-order valence-electron chi connectivity index (χ1n) is 5.78. The quantitative estimate of drug-likeness (QED) is 0.657. The molecule has 1 aliphatic rings. The van der Waals surface area contributed by atoms with Gasteiger partial charge in [-0.2, -0.15) is 0 Å². The van der Waals surface area contributed by atoms with Crippen molar-refractivity contribution < 1.29 is 14.3 Å². The van der Waals surface area contributed by atoms with E-state index in [1.807, 2.05) is 0 Å². The Morgan fingerprint density at radius 2 is 2.27 bits per heavy atom. The second kappa shape index (κ2) is 5.89. The minimum absolute atomic E-state index is 0.115. The third-order valence-corrected chi connectivity index (χ3v) is 3.27. The molecule has 0 aliphatic heterocycles. The van der Waals surface area contributed by atoms with E-state index < -0.39 is 0 Å². The summed E-state index contributed by atoms with van der Waals surface area (Å²) in [5.41, 5.74) is 0. The number of hydrogen-bond acceptors (Lipinski definition) is 3. The summed E-state index contributed by atoms with van der Waals surface area (Å²) in [5, 5.41) is 0. The van der Waals surface area contributed by atoms with Crippen LogP contribution in [0.2, 0.25) is 0 Å². The van der Waals surface area contributed by atoms with Crippen molar-refractivity contribution in [2.45, 2.75) is 45.4 Å². The van der Waals surface area contributed by atoms with Gasteiger partial charge in [0.15, 0.2) is 0 Å². The van der Waals surface area contributed by atoms with Crippen LogP contribution in [0.5, 0.6) is 0 Å². The number of carbonyl (C=O) groups excluding carboxylic acids is 2. The molecule has 3 nitrogen and oxygen atoms in total. The fourth-order valence-corrected chi connectivity index (χ4v) is 2.34. The first-order valence-corrected chi connectivity index (χ1v) is 5.78. The van der Waals surface area contributed by atoms with Crippen LogP contribution in [0, 0.1) is 11.8 Å². The zero-order valence-electron chi connectivity index (χ0n) is 9.62. The van der Waals surface area contributed by atoms with Gasteiger partial charge in [-0.3, -0.25) is 9.59 Å². The largest absolute Gasteiger partial charge is 0.469 e. The number of methoxy groups -OCH3 is 1. The molecule has 2 atom stereocenters. The molecule has 0 aromatic heterocycles. The molecule has 0 saturated heterocycles.